The number of nitrogens with one attached hydrogen (secondary N) is 1. The van der Waals surface area contributed by atoms with Gasteiger partial charge in [0.05, 0.1) is 11.7 Å². The normalized spacial score (nSPS) is 12.5. The van der Waals surface area contributed by atoms with E-state index in [1.807, 2.05) is 43.9 Å². The predicted octanol–water partition coefficient (Wildman–Crippen LogP) is 3.30. The Bertz CT molecular complexity index is 621. The van der Waals surface area contributed by atoms with Crippen LogP contribution < -0.4 is 10.2 Å². The van der Waals surface area contributed by atoms with Crippen LogP contribution in [0.25, 0.3) is 0 Å². The van der Waals surface area contributed by atoms with Crippen LogP contribution in [0.2, 0.25) is 5.02 Å². The van der Waals surface area contributed by atoms with Gasteiger partial charge in [0.2, 0.25) is 0 Å². The van der Waals surface area contributed by atoms with E-state index in [1.165, 1.54) is 5.56 Å². The highest BCUT2D eigenvalue weighted by Gasteiger charge is 2.22. The molecule has 1 atom stereocenters. The Morgan fingerprint density at radius 2 is 2.05 bits per heavy atom. The van der Waals surface area contributed by atoms with E-state index in [1.54, 1.807) is 0 Å². The molecule has 1 aromatic heterocycles. The zero-order valence-corrected chi connectivity index (χ0v) is 14.1. The van der Waals surface area contributed by atoms with Crippen LogP contribution in [0.4, 0.5) is 5.82 Å². The first-order valence-corrected chi connectivity index (χ1v) is 7.49. The lowest BCUT2D eigenvalue weighted by Gasteiger charge is -2.29. The number of hydrogen-bond acceptors (Lipinski definition) is 3. The van der Waals surface area contributed by atoms with Crippen LogP contribution in [0, 0.1) is 6.92 Å². The fourth-order valence-electron chi connectivity index (χ4n) is 2.72. The van der Waals surface area contributed by atoms with E-state index >= 15 is 0 Å². The van der Waals surface area contributed by atoms with Crippen molar-refractivity contribution in [1.29, 1.82) is 0 Å². The fourth-order valence-corrected chi connectivity index (χ4v) is 3.01. The van der Waals surface area contributed by atoms with Gasteiger partial charge in [-0.05, 0) is 32.5 Å². The molecule has 114 valence electrons. The van der Waals surface area contributed by atoms with Gasteiger partial charge in [-0.1, -0.05) is 29.8 Å². The Morgan fingerprint density at radius 3 is 2.67 bits per heavy atom. The van der Waals surface area contributed by atoms with E-state index in [-0.39, 0.29) is 6.04 Å². The molecule has 21 heavy (non-hydrogen) atoms. The van der Waals surface area contributed by atoms with Gasteiger partial charge >= 0.3 is 0 Å². The molecule has 2 aromatic rings. The SMILES string of the molecule is CNCc1c(C)nn(C)c1N(C)C(C)c1ccccc1Cl. The van der Waals surface area contributed by atoms with Gasteiger partial charge in [0, 0.05) is 31.2 Å². The fraction of sp³-hybridized carbons (Fsp3) is 0.438. The van der Waals surface area contributed by atoms with Crippen molar-refractivity contribution in [3.63, 3.8) is 0 Å². The highest BCUT2D eigenvalue weighted by atomic mass is 35.5. The maximum absolute atomic E-state index is 6.34. The highest BCUT2D eigenvalue weighted by molar-refractivity contribution is 6.31. The summed E-state index contributed by atoms with van der Waals surface area (Å²) in [5.41, 5.74) is 3.40. The van der Waals surface area contributed by atoms with Crippen molar-refractivity contribution in [3.05, 3.63) is 46.1 Å². The first-order chi connectivity index (χ1) is 9.97. The third kappa shape index (κ3) is 3.06. The summed E-state index contributed by atoms with van der Waals surface area (Å²) in [7, 11) is 6.02. The second kappa shape index (κ2) is 6.50. The van der Waals surface area contributed by atoms with Crippen LogP contribution in [0.15, 0.2) is 24.3 Å². The molecule has 0 fully saturated rings. The molecule has 1 unspecified atom stereocenters. The molecule has 1 heterocycles. The van der Waals surface area contributed by atoms with E-state index < -0.39 is 0 Å². The minimum atomic E-state index is 0.170. The third-order valence-corrected chi connectivity index (χ3v) is 4.28. The summed E-state index contributed by atoms with van der Waals surface area (Å²) in [6.07, 6.45) is 0. The summed E-state index contributed by atoms with van der Waals surface area (Å²) in [5, 5.41) is 8.57. The molecule has 4 nitrogen and oxygen atoms in total. The molecule has 0 saturated carbocycles. The lowest BCUT2D eigenvalue weighted by molar-refractivity contribution is 0.668. The van der Waals surface area contributed by atoms with Crippen molar-refractivity contribution in [2.75, 3.05) is 19.0 Å². The largest absolute Gasteiger partial charge is 0.353 e. The minimum absolute atomic E-state index is 0.170. The van der Waals surface area contributed by atoms with Gasteiger partial charge in [-0.25, -0.2) is 0 Å². The van der Waals surface area contributed by atoms with Gasteiger partial charge in [-0.3, -0.25) is 4.68 Å². The van der Waals surface area contributed by atoms with Crippen LogP contribution in [-0.2, 0) is 13.6 Å². The molecule has 1 aromatic carbocycles. The lowest BCUT2D eigenvalue weighted by atomic mass is 10.1. The number of anilines is 1. The Morgan fingerprint density at radius 1 is 1.38 bits per heavy atom. The first-order valence-electron chi connectivity index (χ1n) is 7.11. The average Bonchev–Trinajstić information content (AvgIpc) is 2.73. The topological polar surface area (TPSA) is 33.1 Å². The summed E-state index contributed by atoms with van der Waals surface area (Å²) < 4.78 is 1.94. The maximum atomic E-state index is 6.34. The van der Waals surface area contributed by atoms with Crippen molar-refractivity contribution in [3.8, 4) is 0 Å². The third-order valence-electron chi connectivity index (χ3n) is 3.94. The molecule has 0 bridgehead atoms. The Labute approximate surface area is 131 Å². The summed E-state index contributed by atoms with van der Waals surface area (Å²) in [4.78, 5) is 2.23. The average molecular weight is 307 g/mol. The summed E-state index contributed by atoms with van der Waals surface area (Å²) in [5.74, 6) is 1.12. The van der Waals surface area contributed by atoms with Crippen LogP contribution in [0.3, 0.4) is 0 Å². The summed E-state index contributed by atoms with van der Waals surface area (Å²) in [6, 6.07) is 8.16. The molecule has 2 rings (SSSR count). The Balaban J connectivity index is 2.40. The lowest BCUT2D eigenvalue weighted by Crippen LogP contribution is -2.26. The van der Waals surface area contributed by atoms with Gasteiger partial charge in [0.1, 0.15) is 5.82 Å². The standard InChI is InChI=1S/C16H23ClN4/c1-11-14(10-18-3)16(21(5)19-11)20(4)12(2)13-8-6-7-9-15(13)17/h6-9,12,18H,10H2,1-5H3. The number of aromatic nitrogens is 2. The molecular weight excluding hydrogens is 284 g/mol. The number of hydrogen-bond donors (Lipinski definition) is 1. The molecule has 1 N–H and O–H groups in total. The van der Waals surface area contributed by atoms with Gasteiger partial charge in [-0.15, -0.1) is 0 Å². The quantitative estimate of drug-likeness (QED) is 0.920. The number of rotatable bonds is 5. The maximum Gasteiger partial charge on any atom is 0.131 e. The van der Waals surface area contributed by atoms with E-state index in [0.717, 1.165) is 28.6 Å². The Hall–Kier alpha value is -1.52. The van der Waals surface area contributed by atoms with Crippen LogP contribution >= 0.6 is 11.6 Å². The van der Waals surface area contributed by atoms with E-state index in [4.69, 9.17) is 11.6 Å². The smallest absolute Gasteiger partial charge is 0.131 e. The molecule has 5 heteroatoms. The van der Waals surface area contributed by atoms with Crippen molar-refractivity contribution in [2.45, 2.75) is 26.4 Å². The molecule has 0 spiro atoms. The molecular formula is C16H23ClN4. The molecule has 0 aliphatic rings. The van der Waals surface area contributed by atoms with Crippen molar-refractivity contribution >= 4 is 17.4 Å². The first kappa shape index (κ1) is 15.9. The van der Waals surface area contributed by atoms with Crippen LogP contribution in [-0.4, -0.2) is 23.9 Å². The van der Waals surface area contributed by atoms with Crippen LogP contribution in [0.5, 0.6) is 0 Å². The van der Waals surface area contributed by atoms with Gasteiger partial charge < -0.3 is 10.2 Å². The monoisotopic (exact) mass is 306 g/mol. The number of benzene rings is 1. The highest BCUT2D eigenvalue weighted by Crippen LogP contribution is 2.32. The predicted molar refractivity (Wildman–Crippen MR) is 89.0 cm³/mol. The number of halogens is 1. The van der Waals surface area contributed by atoms with Crippen LogP contribution in [0.1, 0.15) is 29.8 Å². The van der Waals surface area contributed by atoms with Gasteiger partial charge in [-0.2, -0.15) is 5.10 Å². The van der Waals surface area contributed by atoms with Crippen molar-refractivity contribution in [1.82, 2.24) is 15.1 Å². The Kier molecular flexibility index (Phi) is 4.91. The minimum Gasteiger partial charge on any atom is -0.353 e. The number of nitrogens with zero attached hydrogens (tertiary/aromatic N) is 3. The van der Waals surface area contributed by atoms with E-state index in [0.29, 0.717) is 0 Å². The number of aryl methyl sites for hydroxylation is 2. The zero-order chi connectivity index (χ0) is 15.6. The van der Waals surface area contributed by atoms with Crippen molar-refractivity contribution < 1.29 is 0 Å². The summed E-state index contributed by atoms with van der Waals surface area (Å²) in [6.45, 7) is 5.01. The molecule has 0 amide bonds. The summed E-state index contributed by atoms with van der Waals surface area (Å²) >= 11 is 6.34. The second-order valence-electron chi connectivity index (χ2n) is 5.35. The van der Waals surface area contributed by atoms with Crippen molar-refractivity contribution in [2.24, 2.45) is 7.05 Å². The van der Waals surface area contributed by atoms with E-state index in [9.17, 15) is 0 Å². The molecule has 0 aliphatic carbocycles. The second-order valence-corrected chi connectivity index (χ2v) is 5.76. The zero-order valence-electron chi connectivity index (χ0n) is 13.3. The van der Waals surface area contributed by atoms with Gasteiger partial charge in [0.25, 0.3) is 0 Å². The molecule has 0 saturated heterocycles. The van der Waals surface area contributed by atoms with E-state index in [2.05, 4.69) is 35.4 Å². The molecule has 0 radical (unpaired) electrons. The molecule has 0 aliphatic heterocycles. The van der Waals surface area contributed by atoms with Gasteiger partial charge in [0.15, 0.2) is 0 Å².